The van der Waals surface area contributed by atoms with E-state index < -0.39 is 0 Å². The first-order chi connectivity index (χ1) is 7.88. The molecule has 0 unspecified atom stereocenters. The van der Waals surface area contributed by atoms with Crippen molar-refractivity contribution in [2.24, 2.45) is 0 Å². The Hall–Kier alpha value is -1.34. The lowest BCUT2D eigenvalue weighted by molar-refractivity contribution is 1.26. The lowest BCUT2D eigenvalue weighted by Crippen LogP contribution is -1.81. The van der Waals surface area contributed by atoms with E-state index in [9.17, 15) is 0 Å². The number of fused-ring (bicyclic) bond motifs is 3. The highest BCUT2D eigenvalue weighted by molar-refractivity contribution is 9.11. The molecule has 0 heterocycles. The molecular formula is C15H11Br. The third-order valence-electron chi connectivity index (χ3n) is 3.07. The fourth-order valence-electron chi connectivity index (χ4n) is 2.34. The summed E-state index contributed by atoms with van der Waals surface area (Å²) in [4.78, 5) is 1.90. The lowest BCUT2D eigenvalue weighted by atomic mass is 10.0. The Bertz CT molecular complexity index is 567. The summed E-state index contributed by atoms with van der Waals surface area (Å²) in [5.74, 6) is 0. The van der Waals surface area contributed by atoms with Gasteiger partial charge in [0.1, 0.15) is 0 Å². The van der Waals surface area contributed by atoms with Crippen LogP contribution in [0.4, 0.5) is 0 Å². The Kier molecular flexibility index (Phi) is 2.41. The van der Waals surface area contributed by atoms with E-state index in [1.165, 1.54) is 27.8 Å². The molecular weight excluding hydrogens is 260 g/mol. The van der Waals surface area contributed by atoms with Crippen LogP contribution in [-0.2, 0) is 6.42 Å². The highest BCUT2D eigenvalue weighted by Crippen LogP contribution is 2.36. The summed E-state index contributed by atoms with van der Waals surface area (Å²) < 4.78 is 0. The molecule has 0 aliphatic heterocycles. The minimum absolute atomic E-state index is 1.06. The Morgan fingerprint density at radius 1 is 0.938 bits per heavy atom. The molecule has 0 aromatic heterocycles. The quantitative estimate of drug-likeness (QED) is 0.605. The van der Waals surface area contributed by atoms with Gasteiger partial charge in [-0.2, -0.15) is 0 Å². The van der Waals surface area contributed by atoms with Crippen molar-refractivity contribution >= 4 is 22.0 Å². The average Bonchev–Trinajstić information content (AvgIpc) is 2.67. The summed E-state index contributed by atoms with van der Waals surface area (Å²) in [6.45, 7) is 0. The second-order valence-corrected chi connectivity index (χ2v) is 4.57. The van der Waals surface area contributed by atoms with E-state index in [1.807, 2.05) is 4.99 Å². The molecule has 1 heteroatoms. The van der Waals surface area contributed by atoms with E-state index in [0.717, 1.165) is 6.42 Å². The number of halogens is 1. The zero-order valence-electron chi connectivity index (χ0n) is 8.78. The summed E-state index contributed by atoms with van der Waals surface area (Å²) >= 11 is 3.31. The maximum absolute atomic E-state index is 3.31. The molecule has 16 heavy (non-hydrogen) atoms. The van der Waals surface area contributed by atoms with Crippen LogP contribution in [0.3, 0.4) is 0 Å². The van der Waals surface area contributed by atoms with Gasteiger partial charge in [-0.25, -0.2) is 0 Å². The van der Waals surface area contributed by atoms with E-state index in [-0.39, 0.29) is 0 Å². The highest BCUT2D eigenvalue weighted by Gasteiger charge is 2.16. The van der Waals surface area contributed by atoms with Crippen molar-refractivity contribution in [3.63, 3.8) is 0 Å². The van der Waals surface area contributed by atoms with Gasteiger partial charge < -0.3 is 0 Å². The molecule has 0 saturated carbocycles. The molecule has 78 valence electrons. The van der Waals surface area contributed by atoms with Gasteiger partial charge in [0.25, 0.3) is 0 Å². The Morgan fingerprint density at radius 2 is 1.75 bits per heavy atom. The van der Waals surface area contributed by atoms with Crippen LogP contribution in [0.5, 0.6) is 0 Å². The molecule has 0 saturated heterocycles. The van der Waals surface area contributed by atoms with Crippen LogP contribution in [0.2, 0.25) is 0 Å². The van der Waals surface area contributed by atoms with Crippen LogP contribution in [0.1, 0.15) is 16.7 Å². The lowest BCUT2D eigenvalue weighted by Gasteiger charge is -2.01. The Labute approximate surface area is 104 Å². The first-order valence-corrected chi connectivity index (χ1v) is 6.28. The molecule has 3 rings (SSSR count). The molecule has 0 amide bonds. The molecule has 0 fully saturated rings. The van der Waals surface area contributed by atoms with Gasteiger partial charge in [-0.15, -0.1) is 0 Å². The van der Waals surface area contributed by atoms with E-state index in [0.29, 0.717) is 0 Å². The van der Waals surface area contributed by atoms with Crippen molar-refractivity contribution in [3.05, 3.63) is 64.1 Å². The monoisotopic (exact) mass is 270 g/mol. The summed E-state index contributed by atoms with van der Waals surface area (Å²) in [6, 6.07) is 15.3. The summed E-state index contributed by atoms with van der Waals surface area (Å²) in [6.07, 6.45) is 3.14. The normalized spacial score (nSPS) is 12.8. The smallest absolute Gasteiger partial charge is 0.00132 e. The van der Waals surface area contributed by atoms with Crippen LogP contribution in [-0.4, -0.2) is 0 Å². The predicted octanol–water partition coefficient (Wildman–Crippen LogP) is 4.62. The van der Waals surface area contributed by atoms with Crippen LogP contribution < -0.4 is 0 Å². The number of hydrogen-bond donors (Lipinski definition) is 0. The number of benzene rings is 2. The third kappa shape index (κ3) is 1.52. The van der Waals surface area contributed by atoms with Gasteiger partial charge >= 0.3 is 0 Å². The molecule has 0 spiro atoms. The SMILES string of the molecule is Br/C=C\c1ccc2c(c1)Cc1ccccc1-2. The fraction of sp³-hybridized carbons (Fsp3) is 0.0667. The first-order valence-electron chi connectivity index (χ1n) is 5.36. The zero-order chi connectivity index (χ0) is 11.0. The van der Waals surface area contributed by atoms with Crippen molar-refractivity contribution in [1.82, 2.24) is 0 Å². The van der Waals surface area contributed by atoms with Gasteiger partial charge in [0, 0.05) is 0 Å². The highest BCUT2D eigenvalue weighted by atomic mass is 79.9. The van der Waals surface area contributed by atoms with Crippen LogP contribution in [0.15, 0.2) is 47.4 Å². The largest absolute Gasteiger partial charge is 0.0619 e. The minimum Gasteiger partial charge on any atom is -0.0619 e. The summed E-state index contributed by atoms with van der Waals surface area (Å²) in [5, 5.41) is 0. The molecule has 0 radical (unpaired) electrons. The third-order valence-corrected chi connectivity index (χ3v) is 3.34. The fourth-order valence-corrected chi connectivity index (χ4v) is 2.65. The van der Waals surface area contributed by atoms with E-state index in [2.05, 4.69) is 64.5 Å². The predicted molar refractivity (Wildman–Crippen MR) is 72.6 cm³/mol. The van der Waals surface area contributed by atoms with Crippen molar-refractivity contribution in [3.8, 4) is 11.1 Å². The maximum atomic E-state index is 3.31. The standard InChI is InChI=1S/C15H11Br/c16-8-7-11-5-6-15-13(9-11)10-12-3-1-2-4-14(12)15/h1-9H,10H2/b8-7-. The average molecular weight is 271 g/mol. The maximum Gasteiger partial charge on any atom is -0.00132 e. The van der Waals surface area contributed by atoms with Gasteiger partial charge in [-0.05, 0) is 45.3 Å². The van der Waals surface area contributed by atoms with Crippen LogP contribution in [0, 0.1) is 0 Å². The van der Waals surface area contributed by atoms with Crippen LogP contribution >= 0.6 is 15.9 Å². The Balaban J connectivity index is 2.14. The second-order valence-electron chi connectivity index (χ2n) is 4.04. The zero-order valence-corrected chi connectivity index (χ0v) is 10.4. The molecule has 0 bridgehead atoms. The van der Waals surface area contributed by atoms with E-state index in [1.54, 1.807) is 0 Å². The summed E-state index contributed by atoms with van der Waals surface area (Å²) in [5.41, 5.74) is 6.92. The number of hydrogen-bond acceptors (Lipinski definition) is 0. The number of rotatable bonds is 1. The van der Waals surface area contributed by atoms with Gasteiger partial charge in [0.15, 0.2) is 0 Å². The second kappa shape index (κ2) is 3.91. The van der Waals surface area contributed by atoms with E-state index >= 15 is 0 Å². The van der Waals surface area contributed by atoms with Gasteiger partial charge in [-0.1, -0.05) is 58.4 Å². The Morgan fingerprint density at radius 3 is 2.62 bits per heavy atom. The minimum atomic E-state index is 1.06. The van der Waals surface area contributed by atoms with Gasteiger partial charge in [0.05, 0.1) is 0 Å². The molecule has 0 N–H and O–H groups in total. The first kappa shape index (κ1) is 9.86. The van der Waals surface area contributed by atoms with Crippen molar-refractivity contribution in [2.75, 3.05) is 0 Å². The molecule has 0 atom stereocenters. The summed E-state index contributed by atoms with van der Waals surface area (Å²) in [7, 11) is 0. The van der Waals surface area contributed by atoms with E-state index in [4.69, 9.17) is 0 Å². The van der Waals surface area contributed by atoms with Crippen LogP contribution in [0.25, 0.3) is 17.2 Å². The van der Waals surface area contributed by atoms with Crippen molar-refractivity contribution in [2.45, 2.75) is 6.42 Å². The molecule has 1 aliphatic carbocycles. The van der Waals surface area contributed by atoms with Gasteiger partial charge in [-0.3, -0.25) is 0 Å². The molecule has 1 aliphatic rings. The molecule has 2 aromatic rings. The molecule has 2 aromatic carbocycles. The van der Waals surface area contributed by atoms with Crippen molar-refractivity contribution < 1.29 is 0 Å². The van der Waals surface area contributed by atoms with Crippen molar-refractivity contribution in [1.29, 1.82) is 0 Å². The molecule has 0 nitrogen and oxygen atoms in total. The topological polar surface area (TPSA) is 0 Å². The van der Waals surface area contributed by atoms with Gasteiger partial charge in [0.2, 0.25) is 0 Å².